The molecule has 0 fully saturated rings. The first kappa shape index (κ1) is 14.3. The van der Waals surface area contributed by atoms with Crippen LogP contribution in [-0.4, -0.2) is 10.8 Å². The lowest BCUT2D eigenvalue weighted by Gasteiger charge is -2.03. The molecule has 0 bridgehead atoms. The van der Waals surface area contributed by atoms with Crippen LogP contribution in [0.4, 0.5) is 11.4 Å². The van der Waals surface area contributed by atoms with Crippen LogP contribution >= 0.6 is 23.2 Å². The van der Waals surface area contributed by atoms with Gasteiger partial charge in [0.1, 0.15) is 5.84 Å². The van der Waals surface area contributed by atoms with Crippen molar-refractivity contribution in [2.75, 3.05) is 0 Å². The first-order valence-electron chi connectivity index (χ1n) is 5.51. The molecule has 0 aromatic heterocycles. The number of amidine groups is 1. The van der Waals surface area contributed by atoms with Crippen LogP contribution in [0.1, 0.15) is 5.56 Å². The van der Waals surface area contributed by atoms with Crippen molar-refractivity contribution >= 4 is 40.4 Å². The number of halogens is 2. The van der Waals surface area contributed by atoms with E-state index in [4.69, 9.17) is 28.9 Å². The Bertz CT molecular complexity index is 685. The molecule has 0 aliphatic carbocycles. The Kier molecular flexibility index (Phi) is 4.22. The van der Waals surface area contributed by atoms with E-state index in [9.17, 15) is 10.1 Å². The summed E-state index contributed by atoms with van der Waals surface area (Å²) in [6.45, 7) is 0. The van der Waals surface area contributed by atoms with Gasteiger partial charge in [-0.1, -0.05) is 23.2 Å². The summed E-state index contributed by atoms with van der Waals surface area (Å²) in [5.41, 5.74) is 6.89. The summed E-state index contributed by atoms with van der Waals surface area (Å²) in [6.07, 6.45) is 0. The summed E-state index contributed by atoms with van der Waals surface area (Å²) < 4.78 is 0. The van der Waals surface area contributed by atoms with Crippen LogP contribution in [0, 0.1) is 10.1 Å². The van der Waals surface area contributed by atoms with Gasteiger partial charge < -0.3 is 5.73 Å². The average molecular weight is 310 g/mol. The standard InChI is InChI=1S/C13H9Cl2N3O2/c14-9-3-6-12(11(15)7-9)17-13(16)8-1-4-10(5-2-8)18(19)20/h1-7H,(H2,16,17). The molecule has 0 heterocycles. The molecular weight excluding hydrogens is 301 g/mol. The van der Waals surface area contributed by atoms with Gasteiger partial charge in [-0.3, -0.25) is 10.1 Å². The number of nitro groups is 1. The van der Waals surface area contributed by atoms with Gasteiger partial charge >= 0.3 is 0 Å². The summed E-state index contributed by atoms with van der Waals surface area (Å²) >= 11 is 11.8. The summed E-state index contributed by atoms with van der Waals surface area (Å²) in [7, 11) is 0. The maximum absolute atomic E-state index is 10.6. The molecule has 0 amide bonds. The summed E-state index contributed by atoms with van der Waals surface area (Å²) in [6, 6.07) is 10.6. The second-order valence-electron chi connectivity index (χ2n) is 3.90. The number of nitrogens with zero attached hydrogens (tertiary/aromatic N) is 2. The Hall–Kier alpha value is -2.11. The number of aliphatic imine (C=N–C) groups is 1. The number of benzene rings is 2. The van der Waals surface area contributed by atoms with Gasteiger partial charge in [-0.25, -0.2) is 4.99 Å². The number of nitrogens with two attached hydrogens (primary N) is 1. The Morgan fingerprint density at radius 3 is 2.35 bits per heavy atom. The first-order valence-corrected chi connectivity index (χ1v) is 6.27. The molecule has 0 radical (unpaired) electrons. The summed E-state index contributed by atoms with van der Waals surface area (Å²) in [4.78, 5) is 14.3. The lowest BCUT2D eigenvalue weighted by molar-refractivity contribution is -0.384. The lowest BCUT2D eigenvalue weighted by Crippen LogP contribution is -2.12. The minimum Gasteiger partial charge on any atom is -0.383 e. The van der Waals surface area contributed by atoms with E-state index < -0.39 is 4.92 Å². The molecule has 0 spiro atoms. The van der Waals surface area contributed by atoms with Crippen molar-refractivity contribution in [3.05, 3.63) is 68.2 Å². The zero-order valence-corrected chi connectivity index (χ0v) is 11.6. The predicted molar refractivity (Wildman–Crippen MR) is 79.9 cm³/mol. The van der Waals surface area contributed by atoms with E-state index in [1.54, 1.807) is 18.2 Å². The second-order valence-corrected chi connectivity index (χ2v) is 4.74. The molecule has 102 valence electrons. The van der Waals surface area contributed by atoms with Gasteiger partial charge in [0.2, 0.25) is 0 Å². The van der Waals surface area contributed by atoms with Crippen molar-refractivity contribution in [2.24, 2.45) is 10.7 Å². The van der Waals surface area contributed by atoms with Crippen molar-refractivity contribution in [3.63, 3.8) is 0 Å². The van der Waals surface area contributed by atoms with Crippen LogP contribution in [0.2, 0.25) is 10.0 Å². The maximum atomic E-state index is 10.6. The molecule has 20 heavy (non-hydrogen) atoms. The van der Waals surface area contributed by atoms with Crippen molar-refractivity contribution in [2.45, 2.75) is 0 Å². The fourth-order valence-corrected chi connectivity index (χ4v) is 1.97. The largest absolute Gasteiger partial charge is 0.383 e. The monoisotopic (exact) mass is 309 g/mol. The van der Waals surface area contributed by atoms with E-state index in [0.717, 1.165) is 0 Å². The Labute approximate surface area is 124 Å². The van der Waals surface area contributed by atoms with Crippen molar-refractivity contribution < 1.29 is 4.92 Å². The number of rotatable bonds is 3. The number of hydrogen-bond acceptors (Lipinski definition) is 3. The topological polar surface area (TPSA) is 81.5 Å². The highest BCUT2D eigenvalue weighted by atomic mass is 35.5. The van der Waals surface area contributed by atoms with E-state index in [0.29, 0.717) is 21.3 Å². The van der Waals surface area contributed by atoms with Crippen LogP contribution in [-0.2, 0) is 0 Å². The average Bonchev–Trinajstić information content (AvgIpc) is 2.42. The normalized spacial score (nSPS) is 11.4. The highest BCUT2D eigenvalue weighted by Gasteiger charge is 2.07. The van der Waals surface area contributed by atoms with Crippen LogP contribution in [0.15, 0.2) is 47.5 Å². The van der Waals surface area contributed by atoms with Crippen LogP contribution in [0.25, 0.3) is 0 Å². The number of non-ortho nitro benzene ring substituents is 1. The molecule has 2 rings (SSSR count). The zero-order valence-electron chi connectivity index (χ0n) is 10.1. The Morgan fingerprint density at radius 1 is 1.15 bits per heavy atom. The van der Waals surface area contributed by atoms with Crippen molar-refractivity contribution in [1.82, 2.24) is 0 Å². The van der Waals surface area contributed by atoms with Gasteiger partial charge in [0.05, 0.1) is 15.6 Å². The van der Waals surface area contributed by atoms with Gasteiger partial charge in [0.25, 0.3) is 5.69 Å². The van der Waals surface area contributed by atoms with E-state index in [-0.39, 0.29) is 11.5 Å². The van der Waals surface area contributed by atoms with E-state index in [1.165, 1.54) is 24.3 Å². The van der Waals surface area contributed by atoms with Gasteiger partial charge in [0.15, 0.2) is 0 Å². The first-order chi connectivity index (χ1) is 9.47. The molecule has 0 atom stereocenters. The van der Waals surface area contributed by atoms with Crippen LogP contribution in [0.5, 0.6) is 0 Å². The summed E-state index contributed by atoms with van der Waals surface area (Å²) in [5.74, 6) is 0.212. The Morgan fingerprint density at radius 2 is 1.80 bits per heavy atom. The maximum Gasteiger partial charge on any atom is 0.269 e. The third-order valence-corrected chi connectivity index (χ3v) is 3.06. The van der Waals surface area contributed by atoms with Crippen LogP contribution in [0.3, 0.4) is 0 Å². The van der Waals surface area contributed by atoms with Crippen LogP contribution < -0.4 is 5.73 Å². The minimum atomic E-state index is -0.479. The molecule has 0 unspecified atom stereocenters. The quantitative estimate of drug-likeness (QED) is 0.403. The van der Waals surface area contributed by atoms with Gasteiger partial charge in [0, 0.05) is 22.7 Å². The Balaban J connectivity index is 2.32. The second kappa shape index (κ2) is 5.90. The number of nitro benzene ring substituents is 1. The molecule has 2 aromatic carbocycles. The van der Waals surface area contributed by atoms with Gasteiger partial charge in [-0.05, 0) is 30.3 Å². The highest BCUT2D eigenvalue weighted by molar-refractivity contribution is 6.36. The third kappa shape index (κ3) is 3.26. The van der Waals surface area contributed by atoms with Gasteiger partial charge in [-0.15, -0.1) is 0 Å². The minimum absolute atomic E-state index is 0.00826. The fourth-order valence-electron chi connectivity index (χ4n) is 1.52. The van der Waals surface area contributed by atoms with E-state index >= 15 is 0 Å². The molecule has 0 aliphatic heterocycles. The number of hydrogen-bond donors (Lipinski definition) is 1. The third-order valence-electron chi connectivity index (χ3n) is 2.52. The SMILES string of the molecule is NC(=Nc1ccc(Cl)cc1Cl)c1ccc([N+](=O)[O-])cc1. The molecule has 0 aliphatic rings. The van der Waals surface area contributed by atoms with E-state index in [1.807, 2.05) is 0 Å². The lowest BCUT2D eigenvalue weighted by atomic mass is 10.2. The predicted octanol–water partition coefficient (Wildman–Crippen LogP) is 3.94. The fraction of sp³-hybridized carbons (Fsp3) is 0. The van der Waals surface area contributed by atoms with Crippen molar-refractivity contribution in [3.8, 4) is 0 Å². The smallest absolute Gasteiger partial charge is 0.269 e. The molecule has 0 saturated heterocycles. The molecule has 0 saturated carbocycles. The van der Waals surface area contributed by atoms with E-state index in [2.05, 4.69) is 4.99 Å². The zero-order chi connectivity index (χ0) is 14.7. The molecule has 5 nitrogen and oxygen atoms in total. The molecule has 7 heteroatoms. The molecular formula is C13H9Cl2N3O2. The molecule has 2 N–H and O–H groups in total. The van der Waals surface area contributed by atoms with Crippen molar-refractivity contribution in [1.29, 1.82) is 0 Å². The van der Waals surface area contributed by atoms with Gasteiger partial charge in [-0.2, -0.15) is 0 Å². The summed E-state index contributed by atoms with van der Waals surface area (Å²) in [5, 5.41) is 11.4. The highest BCUT2D eigenvalue weighted by Crippen LogP contribution is 2.28. The molecule has 2 aromatic rings.